The number of aromatic nitrogens is 1. The maximum absolute atomic E-state index is 12.2. The second kappa shape index (κ2) is 6.60. The fourth-order valence-corrected chi connectivity index (χ4v) is 2.48. The molecule has 2 aromatic heterocycles. The van der Waals surface area contributed by atoms with E-state index in [1.807, 2.05) is 30.3 Å². The number of nitrogens with one attached hydrogen (secondary N) is 1. The lowest BCUT2D eigenvalue weighted by atomic mass is 10.2. The van der Waals surface area contributed by atoms with Crippen molar-refractivity contribution in [3.8, 4) is 0 Å². The summed E-state index contributed by atoms with van der Waals surface area (Å²) in [7, 11) is 0. The summed E-state index contributed by atoms with van der Waals surface area (Å²) >= 11 is 0. The number of benzene rings is 1. The molecular formula is C17H15N3O5. The quantitative estimate of drug-likeness (QED) is 0.566. The van der Waals surface area contributed by atoms with Crippen LogP contribution in [0.15, 0.2) is 57.9 Å². The number of carbonyl (C=O) groups is 1. The number of para-hydroxylation sites is 1. The van der Waals surface area contributed by atoms with E-state index in [0.29, 0.717) is 11.3 Å². The zero-order valence-corrected chi connectivity index (χ0v) is 13.3. The van der Waals surface area contributed by atoms with Crippen molar-refractivity contribution in [3.05, 3.63) is 74.9 Å². The van der Waals surface area contributed by atoms with Crippen molar-refractivity contribution in [1.82, 2.24) is 9.88 Å². The molecule has 0 saturated carbocycles. The Labute approximate surface area is 141 Å². The molecule has 0 aliphatic rings. The fourth-order valence-electron chi connectivity index (χ4n) is 2.48. The molecule has 0 fully saturated rings. The van der Waals surface area contributed by atoms with Crippen LogP contribution in [0.2, 0.25) is 0 Å². The molecule has 8 nitrogen and oxygen atoms in total. The normalized spacial score (nSPS) is 12.0. The average molecular weight is 341 g/mol. The fraction of sp³-hybridized carbons (Fsp3) is 0.176. The Morgan fingerprint density at radius 3 is 2.80 bits per heavy atom. The average Bonchev–Trinajstić information content (AvgIpc) is 3.01. The summed E-state index contributed by atoms with van der Waals surface area (Å²) < 4.78 is 6.68. The van der Waals surface area contributed by atoms with E-state index >= 15 is 0 Å². The van der Waals surface area contributed by atoms with Gasteiger partial charge in [-0.15, -0.1) is 0 Å². The van der Waals surface area contributed by atoms with Crippen molar-refractivity contribution in [1.29, 1.82) is 0 Å². The van der Waals surface area contributed by atoms with E-state index in [0.717, 1.165) is 28.3 Å². The predicted octanol–water partition coefficient (Wildman–Crippen LogP) is 2.38. The van der Waals surface area contributed by atoms with E-state index in [2.05, 4.69) is 5.32 Å². The Kier molecular flexibility index (Phi) is 4.34. The molecule has 8 heteroatoms. The molecule has 2 heterocycles. The van der Waals surface area contributed by atoms with E-state index in [1.165, 1.54) is 0 Å². The van der Waals surface area contributed by atoms with Crippen LogP contribution in [-0.2, 0) is 11.3 Å². The van der Waals surface area contributed by atoms with Gasteiger partial charge in [0.05, 0.1) is 17.2 Å². The number of carbonyl (C=O) groups excluding carboxylic acids is 1. The summed E-state index contributed by atoms with van der Waals surface area (Å²) in [6.07, 6.45) is 1.05. The van der Waals surface area contributed by atoms with Crippen LogP contribution in [0, 0.1) is 10.1 Å². The van der Waals surface area contributed by atoms with Crippen molar-refractivity contribution in [2.75, 3.05) is 0 Å². The molecule has 0 saturated heterocycles. The van der Waals surface area contributed by atoms with Crippen LogP contribution in [0.1, 0.15) is 18.7 Å². The molecule has 25 heavy (non-hydrogen) atoms. The molecule has 1 atom stereocenters. The van der Waals surface area contributed by atoms with Crippen LogP contribution in [0.4, 0.5) is 5.69 Å². The number of furan rings is 1. The first kappa shape index (κ1) is 16.4. The van der Waals surface area contributed by atoms with E-state index in [-0.39, 0.29) is 12.2 Å². The zero-order chi connectivity index (χ0) is 18.0. The second-order valence-electron chi connectivity index (χ2n) is 5.59. The molecule has 0 bridgehead atoms. The highest BCUT2D eigenvalue weighted by Gasteiger charge is 2.16. The van der Waals surface area contributed by atoms with Crippen molar-refractivity contribution < 1.29 is 14.1 Å². The van der Waals surface area contributed by atoms with Crippen molar-refractivity contribution in [2.45, 2.75) is 19.5 Å². The van der Waals surface area contributed by atoms with Crippen LogP contribution >= 0.6 is 0 Å². The number of rotatable bonds is 5. The van der Waals surface area contributed by atoms with Gasteiger partial charge >= 0.3 is 0 Å². The molecule has 3 rings (SSSR count). The number of nitrogens with zero attached hydrogens (tertiary/aromatic N) is 2. The van der Waals surface area contributed by atoms with Gasteiger partial charge in [0.25, 0.3) is 11.2 Å². The molecule has 1 N–H and O–H groups in total. The Bertz CT molecular complexity index is 972. The topological polar surface area (TPSA) is 107 Å². The van der Waals surface area contributed by atoms with E-state index in [4.69, 9.17) is 4.42 Å². The van der Waals surface area contributed by atoms with Crippen molar-refractivity contribution in [2.24, 2.45) is 0 Å². The van der Waals surface area contributed by atoms with E-state index in [1.54, 1.807) is 6.92 Å². The van der Waals surface area contributed by atoms with Crippen molar-refractivity contribution in [3.63, 3.8) is 0 Å². The third kappa shape index (κ3) is 3.57. The van der Waals surface area contributed by atoms with E-state index in [9.17, 15) is 19.7 Å². The molecule has 1 amide bonds. The summed E-state index contributed by atoms with van der Waals surface area (Å²) in [5.74, 6) is 0.136. The number of pyridine rings is 1. The van der Waals surface area contributed by atoms with Gasteiger partial charge in [0, 0.05) is 17.5 Å². The van der Waals surface area contributed by atoms with Gasteiger partial charge < -0.3 is 9.73 Å². The summed E-state index contributed by atoms with van der Waals surface area (Å²) in [5, 5.41) is 14.4. The number of hydrogen-bond acceptors (Lipinski definition) is 5. The molecule has 0 aliphatic heterocycles. The minimum Gasteiger partial charge on any atom is -0.459 e. The predicted molar refractivity (Wildman–Crippen MR) is 90.1 cm³/mol. The highest BCUT2D eigenvalue weighted by molar-refractivity contribution is 5.79. The van der Waals surface area contributed by atoms with Gasteiger partial charge in [-0.05, 0) is 19.1 Å². The first-order chi connectivity index (χ1) is 11.9. The maximum atomic E-state index is 12.2. The van der Waals surface area contributed by atoms with Gasteiger partial charge in [-0.1, -0.05) is 18.2 Å². The van der Waals surface area contributed by atoms with Crippen LogP contribution in [0.3, 0.4) is 0 Å². The van der Waals surface area contributed by atoms with Gasteiger partial charge in [-0.25, -0.2) is 0 Å². The van der Waals surface area contributed by atoms with Gasteiger partial charge in [-0.3, -0.25) is 24.3 Å². The Hall–Kier alpha value is -3.42. The maximum Gasteiger partial charge on any atom is 0.285 e. The third-order valence-electron chi connectivity index (χ3n) is 3.74. The van der Waals surface area contributed by atoms with E-state index < -0.39 is 22.4 Å². The number of hydrogen-bond donors (Lipinski definition) is 1. The summed E-state index contributed by atoms with van der Waals surface area (Å²) in [5.41, 5.74) is -0.0247. The van der Waals surface area contributed by atoms with Crippen LogP contribution in [0.5, 0.6) is 0 Å². The highest BCUT2D eigenvalue weighted by atomic mass is 16.6. The largest absolute Gasteiger partial charge is 0.459 e. The lowest BCUT2D eigenvalue weighted by molar-refractivity contribution is -0.385. The van der Waals surface area contributed by atoms with Crippen LogP contribution in [-0.4, -0.2) is 15.4 Å². The summed E-state index contributed by atoms with van der Waals surface area (Å²) in [6, 6.07) is 11.1. The molecule has 3 aromatic rings. The molecule has 0 radical (unpaired) electrons. The molecule has 128 valence electrons. The van der Waals surface area contributed by atoms with Gasteiger partial charge in [-0.2, -0.15) is 0 Å². The Morgan fingerprint density at radius 2 is 2.08 bits per heavy atom. The second-order valence-corrected chi connectivity index (χ2v) is 5.59. The number of nitro groups is 1. The minimum atomic E-state index is -0.620. The third-order valence-corrected chi connectivity index (χ3v) is 3.74. The Balaban J connectivity index is 1.73. The monoisotopic (exact) mass is 341 g/mol. The summed E-state index contributed by atoms with van der Waals surface area (Å²) in [6.45, 7) is 1.44. The molecular weight excluding hydrogens is 326 g/mol. The molecule has 0 spiro atoms. The summed E-state index contributed by atoms with van der Waals surface area (Å²) in [4.78, 5) is 34.1. The minimum absolute atomic E-state index is 0.252. The molecule has 1 aromatic carbocycles. The van der Waals surface area contributed by atoms with Crippen LogP contribution < -0.4 is 10.9 Å². The molecule has 0 unspecified atom stereocenters. The standard InChI is InChI=1S/C17H15N3O5/c1-11(15-8-12-4-2-3-5-14(12)25-15)18-16(21)10-19-9-13(20(23)24)6-7-17(19)22/h2-9,11H,10H2,1H3,(H,18,21)/t11-/m0/s1. The SMILES string of the molecule is C[C@H](NC(=O)Cn1cc([N+](=O)[O-])ccc1=O)c1cc2ccccc2o1. The van der Waals surface area contributed by atoms with Gasteiger partial charge in [0.2, 0.25) is 5.91 Å². The van der Waals surface area contributed by atoms with Crippen molar-refractivity contribution >= 4 is 22.6 Å². The zero-order valence-electron chi connectivity index (χ0n) is 13.3. The van der Waals surface area contributed by atoms with Crippen LogP contribution in [0.25, 0.3) is 11.0 Å². The molecule has 0 aliphatic carbocycles. The first-order valence-electron chi connectivity index (χ1n) is 7.57. The number of fused-ring (bicyclic) bond motifs is 1. The smallest absolute Gasteiger partial charge is 0.285 e. The lowest BCUT2D eigenvalue weighted by Crippen LogP contribution is -2.33. The van der Waals surface area contributed by atoms with Gasteiger partial charge in [0.15, 0.2) is 0 Å². The number of amides is 1. The first-order valence-corrected chi connectivity index (χ1v) is 7.57. The highest BCUT2D eigenvalue weighted by Crippen LogP contribution is 2.23. The lowest BCUT2D eigenvalue weighted by Gasteiger charge is -2.12. The Morgan fingerprint density at radius 1 is 1.32 bits per heavy atom. The van der Waals surface area contributed by atoms with Gasteiger partial charge in [0.1, 0.15) is 17.9 Å².